The number of hydrogen-bond donors (Lipinski definition) is 1. The Labute approximate surface area is 161 Å². The highest BCUT2D eigenvalue weighted by atomic mass is 19.1. The molecular weight excluding hydrogens is 363 g/mol. The van der Waals surface area contributed by atoms with Gasteiger partial charge in [0.15, 0.2) is 0 Å². The maximum Gasteiger partial charge on any atom is 0.255 e. The van der Waals surface area contributed by atoms with Gasteiger partial charge >= 0.3 is 0 Å². The van der Waals surface area contributed by atoms with Gasteiger partial charge in [-0.25, -0.2) is 9.37 Å². The van der Waals surface area contributed by atoms with Gasteiger partial charge in [-0.2, -0.15) is 4.98 Å². The number of fused-ring (bicyclic) bond motifs is 1. The van der Waals surface area contributed by atoms with Crippen LogP contribution in [0.4, 0.5) is 10.2 Å². The van der Waals surface area contributed by atoms with Crippen LogP contribution in [0.3, 0.4) is 0 Å². The van der Waals surface area contributed by atoms with E-state index in [-0.39, 0.29) is 18.3 Å². The van der Waals surface area contributed by atoms with E-state index in [1.165, 1.54) is 12.1 Å². The molecule has 7 nitrogen and oxygen atoms in total. The van der Waals surface area contributed by atoms with Crippen LogP contribution in [0.15, 0.2) is 28.7 Å². The molecule has 1 aromatic carbocycles. The van der Waals surface area contributed by atoms with Crippen molar-refractivity contribution < 1.29 is 18.3 Å². The molecule has 146 valence electrons. The first-order valence-corrected chi connectivity index (χ1v) is 9.16. The number of nitrogens with zero attached hydrogens (tertiary/aromatic N) is 3. The summed E-state index contributed by atoms with van der Waals surface area (Å²) in [6.45, 7) is 6.41. The minimum Gasteiger partial charge on any atom is -0.442 e. The smallest absolute Gasteiger partial charge is 0.255 e. The van der Waals surface area contributed by atoms with Crippen LogP contribution in [-0.2, 0) is 11.3 Å². The molecule has 8 heteroatoms. The minimum atomic E-state index is -0.311. The SMILES string of the molecule is Cc1nc(N2CCOCC2)c2c(C(=O)NCc3ccc(F)cc3)c(C)oc2n1. The first kappa shape index (κ1) is 18.4. The number of amides is 1. The first-order valence-electron chi connectivity index (χ1n) is 9.16. The van der Waals surface area contributed by atoms with E-state index in [9.17, 15) is 9.18 Å². The van der Waals surface area contributed by atoms with Crippen LogP contribution in [0, 0.1) is 19.7 Å². The normalized spacial score (nSPS) is 14.5. The van der Waals surface area contributed by atoms with Crippen molar-refractivity contribution >= 4 is 22.8 Å². The molecule has 3 heterocycles. The van der Waals surface area contributed by atoms with Crippen LogP contribution in [0.2, 0.25) is 0 Å². The van der Waals surface area contributed by atoms with Gasteiger partial charge in [0, 0.05) is 19.6 Å². The molecular formula is C20H21FN4O3. The lowest BCUT2D eigenvalue weighted by Gasteiger charge is -2.28. The lowest BCUT2D eigenvalue weighted by atomic mass is 10.1. The van der Waals surface area contributed by atoms with Gasteiger partial charge in [0.25, 0.3) is 5.91 Å². The summed E-state index contributed by atoms with van der Waals surface area (Å²) in [5.41, 5.74) is 1.64. The third-order valence-electron chi connectivity index (χ3n) is 4.72. The van der Waals surface area contributed by atoms with Crippen molar-refractivity contribution in [3.05, 3.63) is 52.8 Å². The van der Waals surface area contributed by atoms with E-state index < -0.39 is 0 Å². The predicted molar refractivity (Wildman–Crippen MR) is 102 cm³/mol. The molecule has 28 heavy (non-hydrogen) atoms. The number of halogens is 1. The minimum absolute atomic E-state index is 0.275. The van der Waals surface area contributed by atoms with E-state index in [1.807, 2.05) is 0 Å². The van der Waals surface area contributed by atoms with Gasteiger partial charge in [-0.05, 0) is 31.5 Å². The lowest BCUT2D eigenvalue weighted by molar-refractivity contribution is 0.0951. The van der Waals surface area contributed by atoms with Crippen molar-refractivity contribution in [2.24, 2.45) is 0 Å². The molecule has 1 aliphatic heterocycles. The molecule has 0 saturated carbocycles. The molecule has 0 radical (unpaired) electrons. The second-order valence-electron chi connectivity index (χ2n) is 6.72. The Hall–Kier alpha value is -3.00. The van der Waals surface area contributed by atoms with Crippen LogP contribution in [0.5, 0.6) is 0 Å². The zero-order chi connectivity index (χ0) is 19.7. The summed E-state index contributed by atoms with van der Waals surface area (Å²) >= 11 is 0. The molecule has 3 aromatic rings. The molecule has 0 spiro atoms. The number of nitrogens with one attached hydrogen (secondary N) is 1. The third-order valence-corrected chi connectivity index (χ3v) is 4.72. The zero-order valence-corrected chi connectivity index (χ0v) is 15.8. The van der Waals surface area contributed by atoms with Crippen molar-refractivity contribution in [2.75, 3.05) is 31.2 Å². The second kappa shape index (κ2) is 7.55. The van der Waals surface area contributed by atoms with E-state index >= 15 is 0 Å². The number of benzene rings is 1. The molecule has 2 aromatic heterocycles. The molecule has 1 amide bonds. The van der Waals surface area contributed by atoms with Crippen molar-refractivity contribution in [1.82, 2.24) is 15.3 Å². The van der Waals surface area contributed by atoms with Gasteiger partial charge in [0.05, 0.1) is 24.2 Å². The van der Waals surface area contributed by atoms with Gasteiger partial charge in [-0.15, -0.1) is 0 Å². The van der Waals surface area contributed by atoms with E-state index in [0.29, 0.717) is 60.4 Å². The van der Waals surface area contributed by atoms with Gasteiger partial charge < -0.3 is 19.4 Å². The Kier molecular flexibility index (Phi) is 4.95. The number of aryl methyl sites for hydroxylation is 2. The molecule has 1 N–H and O–H groups in total. The molecule has 1 aliphatic rings. The van der Waals surface area contributed by atoms with Crippen LogP contribution in [0.1, 0.15) is 27.5 Å². The second-order valence-corrected chi connectivity index (χ2v) is 6.72. The number of furan rings is 1. The van der Waals surface area contributed by atoms with E-state index in [1.54, 1.807) is 26.0 Å². The fraction of sp³-hybridized carbons (Fsp3) is 0.350. The van der Waals surface area contributed by atoms with Crippen molar-refractivity contribution in [2.45, 2.75) is 20.4 Å². The molecule has 0 unspecified atom stereocenters. The fourth-order valence-electron chi connectivity index (χ4n) is 3.35. The largest absolute Gasteiger partial charge is 0.442 e. The Morgan fingerprint density at radius 3 is 2.61 bits per heavy atom. The van der Waals surface area contributed by atoms with Crippen LogP contribution in [-0.4, -0.2) is 42.2 Å². The highest BCUT2D eigenvalue weighted by Gasteiger charge is 2.26. The first-order chi connectivity index (χ1) is 13.5. The van der Waals surface area contributed by atoms with E-state index in [0.717, 1.165) is 5.56 Å². The molecule has 0 atom stereocenters. The summed E-state index contributed by atoms with van der Waals surface area (Å²) in [4.78, 5) is 24.0. The highest BCUT2D eigenvalue weighted by Crippen LogP contribution is 2.32. The Morgan fingerprint density at radius 2 is 1.89 bits per heavy atom. The summed E-state index contributed by atoms with van der Waals surface area (Å²) in [5.74, 6) is 1.17. The molecule has 4 rings (SSSR count). The number of aromatic nitrogens is 2. The number of carbonyl (C=O) groups is 1. The van der Waals surface area contributed by atoms with Crippen molar-refractivity contribution in [1.29, 1.82) is 0 Å². The quantitative estimate of drug-likeness (QED) is 0.745. The molecule has 0 bridgehead atoms. The zero-order valence-electron chi connectivity index (χ0n) is 15.8. The standard InChI is InChI=1S/C20H21FN4O3/c1-12-16(19(26)22-11-14-3-5-15(21)6-4-14)17-18(25-7-9-27-10-8-25)23-13(2)24-20(17)28-12/h3-6H,7-11H2,1-2H3,(H,22,26). The fourth-order valence-corrected chi connectivity index (χ4v) is 3.35. The van der Waals surface area contributed by atoms with Crippen molar-refractivity contribution in [3.63, 3.8) is 0 Å². The number of rotatable bonds is 4. The topological polar surface area (TPSA) is 80.5 Å². The monoisotopic (exact) mass is 384 g/mol. The van der Waals surface area contributed by atoms with Crippen LogP contribution < -0.4 is 10.2 Å². The number of ether oxygens (including phenoxy) is 1. The Morgan fingerprint density at radius 1 is 1.18 bits per heavy atom. The third kappa shape index (κ3) is 3.55. The lowest BCUT2D eigenvalue weighted by Crippen LogP contribution is -2.37. The number of carbonyl (C=O) groups excluding carboxylic acids is 1. The highest BCUT2D eigenvalue weighted by molar-refractivity contribution is 6.10. The number of anilines is 1. The van der Waals surface area contributed by atoms with Crippen LogP contribution in [0.25, 0.3) is 11.1 Å². The predicted octanol–water partition coefficient (Wildman–Crippen LogP) is 2.75. The molecule has 0 aliphatic carbocycles. The van der Waals surface area contributed by atoms with E-state index in [2.05, 4.69) is 20.2 Å². The Bertz CT molecular complexity index is 1010. The summed E-state index contributed by atoms with van der Waals surface area (Å²) < 4.78 is 24.3. The summed E-state index contributed by atoms with van der Waals surface area (Å²) in [6, 6.07) is 6.02. The van der Waals surface area contributed by atoms with Crippen LogP contribution >= 0.6 is 0 Å². The maximum atomic E-state index is 13.1. The molecule has 1 saturated heterocycles. The van der Waals surface area contributed by atoms with Crippen molar-refractivity contribution in [3.8, 4) is 0 Å². The number of morpholine rings is 1. The van der Waals surface area contributed by atoms with E-state index in [4.69, 9.17) is 9.15 Å². The van der Waals surface area contributed by atoms with Gasteiger partial charge in [0.2, 0.25) is 5.71 Å². The average molecular weight is 384 g/mol. The maximum absolute atomic E-state index is 13.1. The van der Waals surface area contributed by atoms with Gasteiger partial charge in [-0.3, -0.25) is 4.79 Å². The Balaban J connectivity index is 1.68. The molecule has 1 fully saturated rings. The summed E-state index contributed by atoms with van der Waals surface area (Å²) in [7, 11) is 0. The average Bonchev–Trinajstić information content (AvgIpc) is 3.03. The number of hydrogen-bond acceptors (Lipinski definition) is 6. The summed E-state index contributed by atoms with van der Waals surface area (Å²) in [5, 5.41) is 3.49. The van der Waals surface area contributed by atoms with Gasteiger partial charge in [-0.1, -0.05) is 12.1 Å². The van der Waals surface area contributed by atoms with Gasteiger partial charge in [0.1, 0.15) is 23.2 Å². The summed E-state index contributed by atoms with van der Waals surface area (Å²) in [6.07, 6.45) is 0.